The highest BCUT2D eigenvalue weighted by molar-refractivity contribution is 5.75. The summed E-state index contributed by atoms with van der Waals surface area (Å²) in [4.78, 5) is 6.79. The quantitative estimate of drug-likeness (QED) is 0.667. The van der Waals surface area contributed by atoms with Crippen molar-refractivity contribution in [1.29, 1.82) is 0 Å². The molecule has 0 fully saturated rings. The molecule has 0 amide bonds. The van der Waals surface area contributed by atoms with Gasteiger partial charge in [-0.3, -0.25) is 0 Å². The van der Waals surface area contributed by atoms with E-state index in [0.29, 0.717) is 0 Å². The van der Waals surface area contributed by atoms with E-state index < -0.39 is 0 Å². The van der Waals surface area contributed by atoms with Crippen molar-refractivity contribution in [3.8, 4) is 0 Å². The lowest BCUT2D eigenvalue weighted by molar-refractivity contribution is 0.254. The molecule has 0 aromatic carbocycles. The van der Waals surface area contributed by atoms with Crippen LogP contribution in [0.15, 0.2) is 0 Å². The molecular weight excluding hydrogens is 209 g/mol. The molecule has 0 saturated carbocycles. The van der Waals surface area contributed by atoms with Crippen LogP contribution in [0.5, 0.6) is 0 Å². The normalized spacial score (nSPS) is 8.47. The van der Waals surface area contributed by atoms with E-state index in [2.05, 4.69) is 49.9 Å². The van der Waals surface area contributed by atoms with Gasteiger partial charge in [-0.05, 0) is 35.2 Å². The van der Waals surface area contributed by atoms with Crippen molar-refractivity contribution >= 4 is 8.41 Å². The zero-order chi connectivity index (χ0) is 9.56. The van der Waals surface area contributed by atoms with Crippen LogP contribution in [0.2, 0.25) is 0 Å². The highest BCUT2D eigenvalue weighted by atomic mass is 15.2. The lowest BCUT2D eigenvalue weighted by Crippen LogP contribution is -2.33. The summed E-state index contributed by atoms with van der Waals surface area (Å²) in [5.41, 5.74) is 0. The van der Waals surface area contributed by atoms with Gasteiger partial charge in [-0.1, -0.05) is 29.7 Å². The van der Waals surface area contributed by atoms with E-state index in [1.165, 1.54) is 0 Å². The third-order valence-corrected chi connectivity index (χ3v) is 1.86. The summed E-state index contributed by atoms with van der Waals surface area (Å²) in [5.74, 6) is 0. The summed E-state index contributed by atoms with van der Waals surface area (Å²) >= 11 is 0. The zero-order valence-electron chi connectivity index (χ0n) is 9.75. The number of hydrogen-bond acceptors (Lipinski definition) is 3. The number of nitrogens with zero attached hydrogens (tertiary/aromatic N) is 3. The van der Waals surface area contributed by atoms with Crippen molar-refractivity contribution in [3.05, 3.63) is 0 Å². The molecule has 0 heterocycles. The molecule has 0 aromatic rings. The Hall–Kier alpha value is -0.0551. The van der Waals surface area contributed by atoms with Gasteiger partial charge in [0.25, 0.3) is 0 Å². The van der Waals surface area contributed by atoms with Crippen LogP contribution < -0.4 is 0 Å². The van der Waals surface area contributed by atoms with Gasteiger partial charge in [0.15, 0.2) is 0 Å². The van der Waals surface area contributed by atoms with E-state index in [1.807, 2.05) is 0 Å². The van der Waals surface area contributed by atoms with Gasteiger partial charge in [0.05, 0.1) is 0 Å². The predicted octanol–water partition coefficient (Wildman–Crippen LogP) is 2.21. The third kappa shape index (κ3) is 31.4. The fourth-order valence-electron chi connectivity index (χ4n) is 0.853. The molecule has 0 aliphatic heterocycles. The first-order valence-corrected chi connectivity index (χ1v) is 4.50. The van der Waals surface area contributed by atoms with Gasteiger partial charge >= 0.3 is 0 Å². The van der Waals surface area contributed by atoms with E-state index in [1.54, 1.807) is 0 Å². The Labute approximate surface area is 115 Å². The SMILES string of the molecule is C.C.C.C.CN(C)CCN(C)CCN(C)C.[B]. The van der Waals surface area contributed by atoms with Crippen molar-refractivity contribution in [2.24, 2.45) is 0 Å². The third-order valence-electron chi connectivity index (χ3n) is 1.86. The predicted molar refractivity (Wildman–Crippen MR) is 87.3 cm³/mol. The molecule has 3 radical (unpaired) electrons. The minimum absolute atomic E-state index is 0. The van der Waals surface area contributed by atoms with Crippen LogP contribution in [0.1, 0.15) is 29.7 Å². The van der Waals surface area contributed by atoms with Crippen molar-refractivity contribution < 1.29 is 0 Å². The Morgan fingerprint density at radius 3 is 0.941 bits per heavy atom. The van der Waals surface area contributed by atoms with Crippen LogP contribution in [0.3, 0.4) is 0 Å². The maximum Gasteiger partial charge on any atom is 0.0107 e. The van der Waals surface area contributed by atoms with Gasteiger partial charge < -0.3 is 14.7 Å². The maximum absolute atomic E-state index is 2.36. The van der Waals surface area contributed by atoms with E-state index in [0.717, 1.165) is 26.2 Å². The molecule has 0 N–H and O–H groups in total. The molecule has 17 heavy (non-hydrogen) atoms. The molecule has 3 nitrogen and oxygen atoms in total. The summed E-state index contributed by atoms with van der Waals surface area (Å²) < 4.78 is 0. The van der Waals surface area contributed by atoms with E-state index in [9.17, 15) is 0 Å². The van der Waals surface area contributed by atoms with Crippen molar-refractivity contribution in [2.45, 2.75) is 29.7 Å². The molecule has 0 atom stereocenters. The fraction of sp³-hybridized carbons (Fsp3) is 1.00. The van der Waals surface area contributed by atoms with Crippen LogP contribution in [-0.2, 0) is 0 Å². The molecule has 0 rings (SSSR count). The highest BCUT2D eigenvalue weighted by Crippen LogP contribution is 1.84. The Morgan fingerprint density at radius 2 is 0.765 bits per heavy atom. The minimum atomic E-state index is 0. The van der Waals surface area contributed by atoms with Gasteiger partial charge in [-0.15, -0.1) is 0 Å². The van der Waals surface area contributed by atoms with Crippen LogP contribution in [0.25, 0.3) is 0 Å². The number of rotatable bonds is 6. The Bertz CT molecular complexity index is 96.8. The van der Waals surface area contributed by atoms with Crippen molar-refractivity contribution in [2.75, 3.05) is 61.4 Å². The average molecular weight is 248 g/mol. The Kier molecular flexibility index (Phi) is 45.0. The average Bonchev–Trinajstić information content (AvgIpc) is 1.96. The lowest BCUT2D eigenvalue weighted by atomic mass is 10.4. The Morgan fingerprint density at radius 1 is 0.529 bits per heavy atom. The molecule has 0 aliphatic carbocycles. The maximum atomic E-state index is 2.36. The molecule has 0 aliphatic rings. The van der Waals surface area contributed by atoms with Gasteiger partial charge in [0.1, 0.15) is 0 Å². The Balaban J connectivity index is -0.0000000605. The van der Waals surface area contributed by atoms with E-state index in [4.69, 9.17) is 0 Å². The highest BCUT2D eigenvalue weighted by Gasteiger charge is 1.98. The first-order valence-electron chi connectivity index (χ1n) is 4.50. The molecule has 0 aromatic heterocycles. The largest absolute Gasteiger partial charge is 0.308 e. The summed E-state index contributed by atoms with van der Waals surface area (Å²) in [7, 11) is 10.6. The first kappa shape index (κ1) is 36.0. The van der Waals surface area contributed by atoms with Gasteiger partial charge in [-0.25, -0.2) is 0 Å². The van der Waals surface area contributed by atoms with E-state index >= 15 is 0 Å². The molecule has 4 heteroatoms. The van der Waals surface area contributed by atoms with Gasteiger partial charge in [-0.2, -0.15) is 0 Å². The second kappa shape index (κ2) is 21.3. The van der Waals surface area contributed by atoms with Crippen LogP contribution >= 0.6 is 0 Å². The zero-order valence-corrected chi connectivity index (χ0v) is 9.75. The standard InChI is InChI=1S/C9H23N3.4CH4.B/c1-10(2)6-8-12(5)9-7-11(3)4;;;;;/h6-9H2,1-5H3;4*1H4;. The second-order valence-electron chi connectivity index (χ2n) is 3.91. The second-order valence-corrected chi connectivity index (χ2v) is 3.91. The topological polar surface area (TPSA) is 9.72 Å². The van der Waals surface area contributed by atoms with Crippen molar-refractivity contribution in [3.63, 3.8) is 0 Å². The van der Waals surface area contributed by atoms with Gasteiger partial charge in [0, 0.05) is 34.6 Å². The summed E-state index contributed by atoms with van der Waals surface area (Å²) in [6.07, 6.45) is 0. The smallest absolute Gasteiger partial charge is 0.0107 e. The van der Waals surface area contributed by atoms with E-state index in [-0.39, 0.29) is 38.1 Å². The molecule has 0 bridgehead atoms. The molecule has 109 valence electrons. The molecule has 0 spiro atoms. The molecule has 0 saturated heterocycles. The number of hydrogen-bond donors (Lipinski definition) is 0. The monoisotopic (exact) mass is 248 g/mol. The summed E-state index contributed by atoms with van der Waals surface area (Å²) in [6, 6.07) is 0. The first-order chi connectivity index (χ1) is 5.52. The van der Waals surface area contributed by atoms with Gasteiger partial charge in [0.2, 0.25) is 0 Å². The summed E-state index contributed by atoms with van der Waals surface area (Å²) in [6.45, 7) is 4.59. The van der Waals surface area contributed by atoms with Crippen molar-refractivity contribution in [1.82, 2.24) is 14.7 Å². The summed E-state index contributed by atoms with van der Waals surface area (Å²) in [5, 5.41) is 0. The van der Waals surface area contributed by atoms with Crippen LogP contribution in [0, 0.1) is 0 Å². The molecular formula is C13H39BN3. The van der Waals surface area contributed by atoms with Crippen LogP contribution in [-0.4, -0.2) is 84.5 Å². The number of likely N-dealkylation sites (N-methyl/N-ethyl adjacent to an activating group) is 3. The lowest BCUT2D eigenvalue weighted by Gasteiger charge is -2.20. The molecule has 0 unspecified atom stereocenters. The van der Waals surface area contributed by atoms with Crippen LogP contribution in [0.4, 0.5) is 0 Å². The minimum Gasteiger partial charge on any atom is -0.308 e. The fourth-order valence-corrected chi connectivity index (χ4v) is 0.853.